The summed E-state index contributed by atoms with van der Waals surface area (Å²) in [5.41, 5.74) is 0.120. The predicted octanol–water partition coefficient (Wildman–Crippen LogP) is 4.07. The quantitative estimate of drug-likeness (QED) is 0.446. The second-order valence-corrected chi connectivity index (χ2v) is 5.33. The molecular formula is C8H3ClINO2S. The molecule has 0 aliphatic heterocycles. The second kappa shape index (κ2) is 3.63. The van der Waals surface area contributed by atoms with Crippen LogP contribution in [0.3, 0.4) is 0 Å². The Morgan fingerprint density at radius 3 is 2.86 bits per heavy atom. The Kier molecular flexibility index (Phi) is 2.63. The van der Waals surface area contributed by atoms with E-state index < -0.39 is 0 Å². The van der Waals surface area contributed by atoms with E-state index in [1.165, 1.54) is 17.4 Å². The van der Waals surface area contributed by atoms with Gasteiger partial charge in [0.2, 0.25) is 0 Å². The number of nitro groups is 1. The van der Waals surface area contributed by atoms with Crippen molar-refractivity contribution in [1.82, 2.24) is 0 Å². The third kappa shape index (κ3) is 1.49. The molecule has 0 saturated carbocycles. The standard InChI is InChI=1S/C8H3ClINO2S/c9-8-7(10)6-4(11(12)13)2-1-3-5(6)14-8/h1-3H. The van der Waals surface area contributed by atoms with Crippen LogP contribution >= 0.6 is 45.5 Å². The number of benzene rings is 1. The van der Waals surface area contributed by atoms with Crippen molar-refractivity contribution in [1.29, 1.82) is 0 Å². The first kappa shape index (κ1) is 10.1. The zero-order chi connectivity index (χ0) is 10.3. The van der Waals surface area contributed by atoms with Crippen LogP contribution in [0.2, 0.25) is 4.34 Å². The van der Waals surface area contributed by atoms with E-state index in [1.54, 1.807) is 6.07 Å². The van der Waals surface area contributed by atoms with E-state index in [0.717, 1.165) is 8.27 Å². The molecular weight excluding hydrogens is 337 g/mol. The fourth-order valence-corrected chi connectivity index (χ4v) is 3.48. The van der Waals surface area contributed by atoms with Gasteiger partial charge < -0.3 is 0 Å². The highest BCUT2D eigenvalue weighted by molar-refractivity contribution is 14.1. The van der Waals surface area contributed by atoms with Gasteiger partial charge in [0.05, 0.1) is 13.9 Å². The molecule has 3 nitrogen and oxygen atoms in total. The van der Waals surface area contributed by atoms with E-state index >= 15 is 0 Å². The molecule has 0 fully saturated rings. The Balaban J connectivity index is 2.91. The van der Waals surface area contributed by atoms with Crippen LogP contribution in [0.1, 0.15) is 0 Å². The highest BCUT2D eigenvalue weighted by Crippen LogP contribution is 2.40. The van der Waals surface area contributed by atoms with Crippen LogP contribution in [0.4, 0.5) is 5.69 Å². The summed E-state index contributed by atoms with van der Waals surface area (Å²) in [6.07, 6.45) is 0. The monoisotopic (exact) mass is 339 g/mol. The van der Waals surface area contributed by atoms with Gasteiger partial charge in [-0.2, -0.15) is 0 Å². The Morgan fingerprint density at radius 1 is 1.50 bits per heavy atom. The maximum absolute atomic E-state index is 10.7. The van der Waals surface area contributed by atoms with Gasteiger partial charge in [-0.1, -0.05) is 17.7 Å². The third-order valence-electron chi connectivity index (χ3n) is 1.79. The largest absolute Gasteiger partial charge is 0.279 e. The van der Waals surface area contributed by atoms with E-state index in [-0.39, 0.29) is 10.6 Å². The van der Waals surface area contributed by atoms with Gasteiger partial charge in [0.15, 0.2) is 0 Å². The predicted molar refractivity (Wildman–Crippen MR) is 66.2 cm³/mol. The lowest BCUT2D eigenvalue weighted by Gasteiger charge is -1.93. The molecule has 72 valence electrons. The number of hydrogen-bond acceptors (Lipinski definition) is 3. The summed E-state index contributed by atoms with van der Waals surface area (Å²) in [4.78, 5) is 10.4. The molecule has 2 rings (SSSR count). The maximum Gasteiger partial charge on any atom is 0.279 e. The van der Waals surface area contributed by atoms with E-state index in [1.807, 2.05) is 28.7 Å². The Hall–Kier alpha value is -0.400. The minimum Gasteiger partial charge on any atom is -0.258 e. The first-order valence-electron chi connectivity index (χ1n) is 3.62. The van der Waals surface area contributed by atoms with Crippen molar-refractivity contribution in [3.05, 3.63) is 36.2 Å². The van der Waals surface area contributed by atoms with Crippen LogP contribution in [0.25, 0.3) is 10.1 Å². The number of fused-ring (bicyclic) bond motifs is 1. The molecule has 1 aromatic heterocycles. The molecule has 1 heterocycles. The number of hydrogen-bond donors (Lipinski definition) is 0. The lowest BCUT2D eigenvalue weighted by atomic mass is 10.2. The SMILES string of the molecule is O=[N+]([O-])c1cccc2sc(Cl)c(I)c12. The van der Waals surface area contributed by atoms with Crippen LogP contribution in [0, 0.1) is 13.7 Å². The lowest BCUT2D eigenvalue weighted by Crippen LogP contribution is -1.88. The van der Waals surface area contributed by atoms with Crippen molar-refractivity contribution < 1.29 is 4.92 Å². The van der Waals surface area contributed by atoms with Crippen molar-refractivity contribution in [2.45, 2.75) is 0 Å². The van der Waals surface area contributed by atoms with Crippen molar-refractivity contribution in [3.8, 4) is 0 Å². The van der Waals surface area contributed by atoms with Crippen molar-refractivity contribution in [2.75, 3.05) is 0 Å². The average Bonchev–Trinajstić information content (AvgIpc) is 2.43. The van der Waals surface area contributed by atoms with Gasteiger partial charge in [-0.15, -0.1) is 11.3 Å². The summed E-state index contributed by atoms with van der Waals surface area (Å²) >= 11 is 9.31. The summed E-state index contributed by atoms with van der Waals surface area (Å²) < 4.78 is 2.22. The summed E-state index contributed by atoms with van der Waals surface area (Å²) in [6, 6.07) is 5.00. The zero-order valence-corrected chi connectivity index (χ0v) is 10.4. The maximum atomic E-state index is 10.7. The number of rotatable bonds is 1. The van der Waals surface area contributed by atoms with Gasteiger partial charge in [-0.3, -0.25) is 10.1 Å². The molecule has 0 aliphatic rings. The van der Waals surface area contributed by atoms with Gasteiger partial charge in [-0.05, 0) is 28.7 Å². The average molecular weight is 340 g/mol. The van der Waals surface area contributed by atoms with Crippen LogP contribution in [-0.2, 0) is 0 Å². The van der Waals surface area contributed by atoms with E-state index in [9.17, 15) is 10.1 Å². The minimum atomic E-state index is -0.381. The molecule has 0 saturated heterocycles. The van der Waals surface area contributed by atoms with Crippen molar-refractivity contribution >= 4 is 61.3 Å². The zero-order valence-electron chi connectivity index (χ0n) is 6.66. The molecule has 0 aliphatic carbocycles. The highest BCUT2D eigenvalue weighted by atomic mass is 127. The summed E-state index contributed by atoms with van der Waals surface area (Å²) in [7, 11) is 0. The number of thiophene rings is 1. The summed E-state index contributed by atoms with van der Waals surface area (Å²) in [5.74, 6) is 0. The minimum absolute atomic E-state index is 0.120. The van der Waals surface area contributed by atoms with Crippen molar-refractivity contribution in [3.63, 3.8) is 0 Å². The molecule has 0 amide bonds. The topological polar surface area (TPSA) is 43.1 Å². The van der Waals surface area contributed by atoms with Crippen LogP contribution in [0.5, 0.6) is 0 Å². The molecule has 1 aromatic carbocycles. The fraction of sp³-hybridized carbons (Fsp3) is 0. The first-order chi connectivity index (χ1) is 6.61. The van der Waals surface area contributed by atoms with Crippen LogP contribution < -0.4 is 0 Å². The van der Waals surface area contributed by atoms with E-state index in [2.05, 4.69) is 0 Å². The lowest BCUT2D eigenvalue weighted by molar-refractivity contribution is -0.383. The Bertz CT molecular complexity index is 525. The molecule has 6 heteroatoms. The Labute approximate surface area is 102 Å². The normalized spacial score (nSPS) is 10.7. The van der Waals surface area contributed by atoms with Crippen LogP contribution in [-0.4, -0.2) is 4.92 Å². The molecule has 0 N–H and O–H groups in total. The summed E-state index contributed by atoms with van der Waals surface area (Å²) in [6.45, 7) is 0. The molecule has 0 radical (unpaired) electrons. The van der Waals surface area contributed by atoms with E-state index in [4.69, 9.17) is 11.6 Å². The van der Waals surface area contributed by atoms with Crippen LogP contribution in [0.15, 0.2) is 18.2 Å². The number of halogens is 2. The van der Waals surface area contributed by atoms with Gasteiger partial charge in [-0.25, -0.2) is 0 Å². The smallest absolute Gasteiger partial charge is 0.258 e. The fourth-order valence-electron chi connectivity index (χ4n) is 1.22. The molecule has 14 heavy (non-hydrogen) atoms. The third-order valence-corrected chi connectivity index (χ3v) is 4.92. The first-order valence-corrected chi connectivity index (χ1v) is 5.89. The molecule has 0 bridgehead atoms. The highest BCUT2D eigenvalue weighted by Gasteiger charge is 2.18. The number of nitrogens with zero attached hydrogens (tertiary/aromatic N) is 1. The molecule has 0 spiro atoms. The van der Waals surface area contributed by atoms with Gasteiger partial charge >= 0.3 is 0 Å². The summed E-state index contributed by atoms with van der Waals surface area (Å²) in [5, 5.41) is 11.4. The second-order valence-electron chi connectivity index (χ2n) is 2.60. The number of nitro benzene ring substituents is 1. The van der Waals surface area contributed by atoms with Gasteiger partial charge in [0.25, 0.3) is 5.69 Å². The Morgan fingerprint density at radius 2 is 2.21 bits per heavy atom. The van der Waals surface area contributed by atoms with Crippen molar-refractivity contribution in [2.24, 2.45) is 0 Å². The van der Waals surface area contributed by atoms with Gasteiger partial charge in [0.1, 0.15) is 4.34 Å². The molecule has 0 atom stereocenters. The van der Waals surface area contributed by atoms with Gasteiger partial charge in [0, 0.05) is 10.8 Å². The van der Waals surface area contributed by atoms with E-state index in [0.29, 0.717) is 9.72 Å². The molecule has 0 unspecified atom stereocenters. The number of non-ortho nitro benzene ring substituents is 1. The molecule has 2 aromatic rings.